The van der Waals surface area contributed by atoms with Crippen molar-refractivity contribution in [3.05, 3.63) is 34.4 Å². The fraction of sp³-hybridized carbons (Fsp3) is 0.182. The molecule has 0 saturated heterocycles. The van der Waals surface area contributed by atoms with Gasteiger partial charge in [0.15, 0.2) is 0 Å². The van der Waals surface area contributed by atoms with Gasteiger partial charge in [-0.05, 0) is 25.1 Å². The largest absolute Gasteiger partial charge is 0.370 e. The number of nitrogens with one attached hydrogen (secondary N) is 1. The molecule has 0 unspecified atom stereocenters. The van der Waals surface area contributed by atoms with Crippen LogP contribution < -0.4 is 5.32 Å². The number of rotatable bonds is 2. The normalized spacial score (nSPS) is 10.6. The first-order valence-electron chi connectivity index (χ1n) is 4.70. The Bertz CT molecular complexity index is 497. The van der Waals surface area contributed by atoms with Crippen molar-refractivity contribution in [2.75, 3.05) is 11.9 Å². The van der Waals surface area contributed by atoms with Crippen LogP contribution in [0.5, 0.6) is 0 Å². The maximum atomic E-state index is 6.09. The SMILES string of the molecule is CCNc1nccc2c(Cl)cc(Cl)cc12. The van der Waals surface area contributed by atoms with Gasteiger partial charge in [0.2, 0.25) is 0 Å². The number of hydrogen-bond acceptors (Lipinski definition) is 2. The highest BCUT2D eigenvalue weighted by atomic mass is 35.5. The van der Waals surface area contributed by atoms with Gasteiger partial charge >= 0.3 is 0 Å². The van der Waals surface area contributed by atoms with E-state index in [1.54, 1.807) is 12.3 Å². The molecule has 0 fully saturated rings. The van der Waals surface area contributed by atoms with Gasteiger partial charge in [-0.3, -0.25) is 0 Å². The first-order valence-corrected chi connectivity index (χ1v) is 5.45. The predicted molar refractivity (Wildman–Crippen MR) is 65.9 cm³/mol. The van der Waals surface area contributed by atoms with Gasteiger partial charge in [0.05, 0.1) is 5.02 Å². The van der Waals surface area contributed by atoms with Crippen molar-refractivity contribution >= 4 is 39.8 Å². The summed E-state index contributed by atoms with van der Waals surface area (Å²) in [6.45, 7) is 2.84. The second-order valence-corrected chi connectivity index (χ2v) is 4.02. The number of nitrogens with zero attached hydrogens (tertiary/aromatic N) is 1. The Morgan fingerprint density at radius 2 is 2.07 bits per heavy atom. The van der Waals surface area contributed by atoms with Crippen LogP contribution in [0.1, 0.15) is 6.92 Å². The van der Waals surface area contributed by atoms with Gasteiger partial charge in [-0.15, -0.1) is 0 Å². The molecule has 0 spiro atoms. The lowest BCUT2D eigenvalue weighted by Gasteiger charge is -2.08. The summed E-state index contributed by atoms with van der Waals surface area (Å²) in [4.78, 5) is 4.25. The lowest BCUT2D eigenvalue weighted by molar-refractivity contribution is 1.17. The van der Waals surface area contributed by atoms with Crippen LogP contribution in [-0.4, -0.2) is 11.5 Å². The first kappa shape index (κ1) is 10.5. The van der Waals surface area contributed by atoms with E-state index >= 15 is 0 Å². The van der Waals surface area contributed by atoms with Gasteiger partial charge < -0.3 is 5.32 Å². The lowest BCUT2D eigenvalue weighted by Crippen LogP contribution is -1.99. The minimum absolute atomic E-state index is 0.625. The van der Waals surface area contributed by atoms with Gasteiger partial charge in [0, 0.05) is 28.5 Å². The van der Waals surface area contributed by atoms with Crippen LogP contribution in [0.2, 0.25) is 10.0 Å². The van der Waals surface area contributed by atoms with Crippen molar-refractivity contribution in [2.24, 2.45) is 0 Å². The molecular formula is C11H10Cl2N2. The molecule has 0 aliphatic heterocycles. The maximum Gasteiger partial charge on any atom is 0.133 e. The van der Waals surface area contributed by atoms with Crippen molar-refractivity contribution in [3.8, 4) is 0 Å². The molecule has 0 bridgehead atoms. The van der Waals surface area contributed by atoms with E-state index in [-0.39, 0.29) is 0 Å². The molecule has 0 saturated carbocycles. The van der Waals surface area contributed by atoms with E-state index in [1.165, 1.54) is 0 Å². The number of benzene rings is 1. The Morgan fingerprint density at radius 1 is 1.27 bits per heavy atom. The standard InChI is InChI=1S/C11H10Cl2N2/c1-2-14-11-9-5-7(12)6-10(13)8(9)3-4-15-11/h3-6H,2H2,1H3,(H,14,15). The van der Waals surface area contributed by atoms with Crippen molar-refractivity contribution in [3.63, 3.8) is 0 Å². The van der Waals surface area contributed by atoms with Gasteiger partial charge in [0.1, 0.15) is 5.82 Å². The summed E-state index contributed by atoms with van der Waals surface area (Å²) >= 11 is 12.1. The fourth-order valence-electron chi connectivity index (χ4n) is 1.51. The summed E-state index contributed by atoms with van der Waals surface area (Å²) < 4.78 is 0. The van der Waals surface area contributed by atoms with E-state index in [0.717, 1.165) is 23.1 Å². The molecule has 4 heteroatoms. The average molecular weight is 241 g/mol. The second-order valence-electron chi connectivity index (χ2n) is 3.17. The molecule has 0 aliphatic carbocycles. The van der Waals surface area contributed by atoms with Crippen LogP contribution in [0.4, 0.5) is 5.82 Å². The zero-order valence-electron chi connectivity index (χ0n) is 8.22. The summed E-state index contributed by atoms with van der Waals surface area (Å²) in [7, 11) is 0. The summed E-state index contributed by atoms with van der Waals surface area (Å²) in [6.07, 6.45) is 1.74. The predicted octanol–water partition coefficient (Wildman–Crippen LogP) is 3.97. The molecule has 2 rings (SSSR count). The minimum atomic E-state index is 0.625. The highest BCUT2D eigenvalue weighted by Crippen LogP contribution is 2.30. The first-order chi connectivity index (χ1) is 7.22. The molecule has 1 heterocycles. The van der Waals surface area contributed by atoms with E-state index < -0.39 is 0 Å². The highest BCUT2D eigenvalue weighted by Gasteiger charge is 2.05. The molecule has 1 N–H and O–H groups in total. The van der Waals surface area contributed by atoms with Crippen molar-refractivity contribution < 1.29 is 0 Å². The second kappa shape index (κ2) is 4.25. The summed E-state index contributed by atoms with van der Waals surface area (Å²) in [6, 6.07) is 5.49. The zero-order valence-corrected chi connectivity index (χ0v) is 9.73. The molecular weight excluding hydrogens is 231 g/mol. The number of pyridine rings is 1. The number of fused-ring (bicyclic) bond motifs is 1. The third-order valence-corrected chi connectivity index (χ3v) is 2.67. The Balaban J connectivity index is 2.73. The monoisotopic (exact) mass is 240 g/mol. The molecule has 15 heavy (non-hydrogen) atoms. The smallest absolute Gasteiger partial charge is 0.133 e. The minimum Gasteiger partial charge on any atom is -0.370 e. The Kier molecular flexibility index (Phi) is 2.98. The van der Waals surface area contributed by atoms with E-state index in [2.05, 4.69) is 10.3 Å². The number of aromatic nitrogens is 1. The molecule has 1 aromatic carbocycles. The van der Waals surface area contributed by atoms with Crippen molar-refractivity contribution in [2.45, 2.75) is 6.92 Å². The summed E-state index contributed by atoms with van der Waals surface area (Å²) in [5, 5.41) is 6.37. The Labute approximate surface area is 98.2 Å². The topological polar surface area (TPSA) is 24.9 Å². The molecule has 78 valence electrons. The third-order valence-electron chi connectivity index (χ3n) is 2.14. The van der Waals surface area contributed by atoms with Crippen LogP contribution in [0.3, 0.4) is 0 Å². The zero-order chi connectivity index (χ0) is 10.8. The molecule has 0 aliphatic rings. The summed E-state index contributed by atoms with van der Waals surface area (Å²) in [5.41, 5.74) is 0. The quantitative estimate of drug-likeness (QED) is 0.860. The van der Waals surface area contributed by atoms with Crippen LogP contribution >= 0.6 is 23.2 Å². The van der Waals surface area contributed by atoms with E-state index in [9.17, 15) is 0 Å². The average Bonchev–Trinajstić information content (AvgIpc) is 2.19. The summed E-state index contributed by atoms with van der Waals surface area (Å²) in [5.74, 6) is 0.819. The van der Waals surface area contributed by atoms with Gasteiger partial charge in [-0.2, -0.15) is 0 Å². The Hall–Kier alpha value is -0.990. The van der Waals surface area contributed by atoms with Crippen LogP contribution in [0.25, 0.3) is 10.8 Å². The lowest BCUT2D eigenvalue weighted by atomic mass is 10.1. The Morgan fingerprint density at radius 3 is 2.80 bits per heavy atom. The third kappa shape index (κ3) is 2.01. The molecule has 2 aromatic rings. The van der Waals surface area contributed by atoms with Crippen LogP contribution in [-0.2, 0) is 0 Å². The molecule has 0 amide bonds. The van der Waals surface area contributed by atoms with E-state index in [1.807, 2.05) is 19.1 Å². The van der Waals surface area contributed by atoms with E-state index in [4.69, 9.17) is 23.2 Å². The molecule has 1 aromatic heterocycles. The van der Waals surface area contributed by atoms with E-state index in [0.29, 0.717) is 10.0 Å². The molecule has 2 nitrogen and oxygen atoms in total. The van der Waals surface area contributed by atoms with Gasteiger partial charge in [0.25, 0.3) is 0 Å². The number of halogens is 2. The molecule has 0 radical (unpaired) electrons. The fourth-order valence-corrected chi connectivity index (χ4v) is 2.07. The highest BCUT2D eigenvalue weighted by molar-refractivity contribution is 6.39. The van der Waals surface area contributed by atoms with Crippen LogP contribution in [0.15, 0.2) is 24.4 Å². The number of hydrogen-bond donors (Lipinski definition) is 1. The van der Waals surface area contributed by atoms with Crippen molar-refractivity contribution in [1.29, 1.82) is 0 Å². The van der Waals surface area contributed by atoms with Crippen molar-refractivity contribution in [1.82, 2.24) is 4.98 Å². The number of anilines is 1. The van der Waals surface area contributed by atoms with Crippen LogP contribution in [0, 0.1) is 0 Å². The maximum absolute atomic E-state index is 6.09. The molecule has 0 atom stereocenters. The van der Waals surface area contributed by atoms with Gasteiger partial charge in [-0.25, -0.2) is 4.98 Å². The van der Waals surface area contributed by atoms with Gasteiger partial charge in [-0.1, -0.05) is 23.2 Å².